The largest absolute Gasteiger partial charge is 0.457 e. The van der Waals surface area contributed by atoms with Crippen LogP contribution in [0, 0.1) is 11.6 Å². The van der Waals surface area contributed by atoms with Gasteiger partial charge in [0.1, 0.15) is 18.2 Å². The Labute approximate surface area is 118 Å². The normalized spacial score (nSPS) is 10.3. The minimum absolute atomic E-state index is 0.0414. The van der Waals surface area contributed by atoms with Crippen molar-refractivity contribution in [3.8, 4) is 0 Å². The molecule has 104 valence electrons. The first-order chi connectivity index (χ1) is 9.47. The van der Waals surface area contributed by atoms with E-state index in [0.717, 1.165) is 18.2 Å². The summed E-state index contributed by atoms with van der Waals surface area (Å²) in [5, 5.41) is 0.317. The molecule has 0 saturated carbocycles. The highest BCUT2D eigenvalue weighted by Gasteiger charge is 2.11. The number of hydrogen-bond acceptors (Lipinski definition) is 3. The molecule has 0 aliphatic carbocycles. The van der Waals surface area contributed by atoms with E-state index in [-0.39, 0.29) is 23.4 Å². The summed E-state index contributed by atoms with van der Waals surface area (Å²) in [7, 11) is 0. The number of nitrogens with two attached hydrogens (primary N) is 1. The van der Waals surface area contributed by atoms with Gasteiger partial charge in [-0.25, -0.2) is 13.6 Å². The predicted molar refractivity (Wildman–Crippen MR) is 71.3 cm³/mol. The van der Waals surface area contributed by atoms with Crippen molar-refractivity contribution in [2.24, 2.45) is 0 Å². The van der Waals surface area contributed by atoms with Crippen molar-refractivity contribution in [3.63, 3.8) is 0 Å². The molecule has 0 aliphatic heterocycles. The fraction of sp³-hybridized carbons (Fsp3) is 0.0714. The van der Waals surface area contributed by atoms with E-state index in [9.17, 15) is 13.6 Å². The van der Waals surface area contributed by atoms with Gasteiger partial charge in [-0.15, -0.1) is 0 Å². The van der Waals surface area contributed by atoms with Crippen molar-refractivity contribution in [2.75, 3.05) is 5.73 Å². The van der Waals surface area contributed by atoms with Crippen molar-refractivity contribution in [1.82, 2.24) is 0 Å². The minimum Gasteiger partial charge on any atom is -0.457 e. The van der Waals surface area contributed by atoms with Crippen molar-refractivity contribution in [1.29, 1.82) is 0 Å². The van der Waals surface area contributed by atoms with Crippen LogP contribution < -0.4 is 5.73 Å². The molecule has 0 radical (unpaired) electrons. The van der Waals surface area contributed by atoms with Crippen LogP contribution in [-0.4, -0.2) is 5.97 Å². The SMILES string of the molecule is Nc1cc(C(=O)OCc2cc(F)ccc2F)ccc1Cl. The zero-order chi connectivity index (χ0) is 14.7. The molecule has 2 aromatic carbocycles. The number of esters is 1. The maximum atomic E-state index is 13.3. The smallest absolute Gasteiger partial charge is 0.338 e. The first kappa shape index (κ1) is 14.3. The lowest BCUT2D eigenvalue weighted by Gasteiger charge is -2.07. The molecular formula is C14H10ClF2NO2. The van der Waals surface area contributed by atoms with Crippen LogP contribution in [0.15, 0.2) is 36.4 Å². The fourth-order valence-electron chi connectivity index (χ4n) is 1.55. The maximum absolute atomic E-state index is 13.3. The molecular weight excluding hydrogens is 288 g/mol. The Morgan fingerprint density at radius 2 is 1.95 bits per heavy atom. The molecule has 0 spiro atoms. The highest BCUT2D eigenvalue weighted by atomic mass is 35.5. The first-order valence-corrected chi connectivity index (χ1v) is 6.01. The third kappa shape index (κ3) is 3.24. The van der Waals surface area contributed by atoms with E-state index in [1.165, 1.54) is 18.2 Å². The standard InChI is InChI=1S/C14H10ClF2NO2/c15-11-3-1-8(6-13(11)18)14(19)20-7-9-5-10(16)2-4-12(9)17/h1-6H,7,18H2. The summed E-state index contributed by atoms with van der Waals surface area (Å²) in [5.41, 5.74) is 5.94. The Balaban J connectivity index is 2.08. The summed E-state index contributed by atoms with van der Waals surface area (Å²) in [6.07, 6.45) is 0. The zero-order valence-corrected chi connectivity index (χ0v) is 11.0. The van der Waals surface area contributed by atoms with E-state index in [0.29, 0.717) is 5.02 Å². The predicted octanol–water partition coefficient (Wildman–Crippen LogP) is 3.56. The molecule has 2 rings (SSSR count). The van der Waals surface area contributed by atoms with Gasteiger partial charge in [0.15, 0.2) is 0 Å². The van der Waals surface area contributed by atoms with Gasteiger partial charge < -0.3 is 10.5 Å². The number of halogens is 3. The van der Waals surface area contributed by atoms with Crippen molar-refractivity contribution < 1.29 is 18.3 Å². The molecule has 0 heterocycles. The second-order valence-electron chi connectivity index (χ2n) is 4.05. The lowest BCUT2D eigenvalue weighted by Crippen LogP contribution is -2.07. The van der Waals surface area contributed by atoms with Crippen LogP contribution >= 0.6 is 11.6 Å². The molecule has 0 unspecified atom stereocenters. The van der Waals surface area contributed by atoms with Crippen LogP contribution in [0.25, 0.3) is 0 Å². The van der Waals surface area contributed by atoms with E-state index < -0.39 is 17.6 Å². The molecule has 0 bridgehead atoms. The monoisotopic (exact) mass is 297 g/mol. The molecule has 0 aliphatic rings. The number of ether oxygens (including phenoxy) is 1. The Morgan fingerprint density at radius 1 is 1.20 bits per heavy atom. The molecule has 0 aromatic heterocycles. The van der Waals surface area contributed by atoms with E-state index >= 15 is 0 Å². The molecule has 6 heteroatoms. The molecule has 20 heavy (non-hydrogen) atoms. The van der Waals surface area contributed by atoms with Crippen LogP contribution in [0.5, 0.6) is 0 Å². The van der Waals surface area contributed by atoms with Gasteiger partial charge in [-0.2, -0.15) is 0 Å². The summed E-state index contributed by atoms with van der Waals surface area (Å²) < 4.78 is 31.2. The van der Waals surface area contributed by atoms with Crippen LogP contribution in [-0.2, 0) is 11.3 Å². The third-order valence-corrected chi connectivity index (χ3v) is 2.94. The second-order valence-corrected chi connectivity index (χ2v) is 4.46. The molecule has 3 nitrogen and oxygen atoms in total. The Bertz CT molecular complexity index is 662. The summed E-state index contributed by atoms with van der Waals surface area (Å²) in [6, 6.07) is 7.17. The van der Waals surface area contributed by atoms with Gasteiger partial charge in [-0.05, 0) is 36.4 Å². The summed E-state index contributed by atoms with van der Waals surface area (Å²) >= 11 is 5.73. The van der Waals surface area contributed by atoms with Gasteiger partial charge in [0.25, 0.3) is 0 Å². The summed E-state index contributed by atoms with van der Waals surface area (Å²) in [5.74, 6) is -1.94. The number of carbonyl (C=O) groups is 1. The van der Waals surface area contributed by atoms with E-state index in [1.807, 2.05) is 0 Å². The van der Waals surface area contributed by atoms with Crippen molar-refractivity contribution in [3.05, 3.63) is 64.2 Å². The highest BCUT2D eigenvalue weighted by Crippen LogP contribution is 2.20. The highest BCUT2D eigenvalue weighted by molar-refractivity contribution is 6.33. The molecule has 0 atom stereocenters. The number of hydrogen-bond donors (Lipinski definition) is 1. The number of carbonyl (C=O) groups excluding carboxylic acids is 1. The molecule has 2 N–H and O–H groups in total. The molecule has 0 amide bonds. The average molecular weight is 298 g/mol. The molecule has 0 fully saturated rings. The average Bonchev–Trinajstić information content (AvgIpc) is 2.42. The van der Waals surface area contributed by atoms with Gasteiger partial charge in [0.2, 0.25) is 0 Å². The Kier molecular flexibility index (Phi) is 4.20. The quantitative estimate of drug-likeness (QED) is 0.696. The lowest BCUT2D eigenvalue weighted by atomic mass is 10.2. The van der Waals surface area contributed by atoms with E-state index in [4.69, 9.17) is 22.1 Å². The fourth-order valence-corrected chi connectivity index (χ4v) is 1.67. The topological polar surface area (TPSA) is 52.3 Å². The maximum Gasteiger partial charge on any atom is 0.338 e. The first-order valence-electron chi connectivity index (χ1n) is 5.63. The lowest BCUT2D eigenvalue weighted by molar-refractivity contribution is 0.0468. The molecule has 0 saturated heterocycles. The van der Waals surface area contributed by atoms with Gasteiger partial charge >= 0.3 is 5.97 Å². The van der Waals surface area contributed by atoms with Crippen LogP contribution in [0.1, 0.15) is 15.9 Å². The van der Waals surface area contributed by atoms with E-state index in [2.05, 4.69) is 0 Å². The van der Waals surface area contributed by atoms with Gasteiger partial charge in [-0.1, -0.05) is 11.6 Å². The third-order valence-electron chi connectivity index (χ3n) is 2.60. The number of benzene rings is 2. The van der Waals surface area contributed by atoms with Crippen LogP contribution in [0.4, 0.5) is 14.5 Å². The van der Waals surface area contributed by atoms with E-state index in [1.54, 1.807) is 0 Å². The van der Waals surface area contributed by atoms with Crippen LogP contribution in [0.3, 0.4) is 0 Å². The second kappa shape index (κ2) is 5.88. The van der Waals surface area contributed by atoms with Crippen molar-refractivity contribution >= 4 is 23.3 Å². The summed E-state index contributed by atoms with van der Waals surface area (Å²) in [4.78, 5) is 11.7. The van der Waals surface area contributed by atoms with Gasteiger partial charge in [-0.3, -0.25) is 0 Å². The number of anilines is 1. The van der Waals surface area contributed by atoms with Gasteiger partial charge in [0, 0.05) is 5.56 Å². The van der Waals surface area contributed by atoms with Crippen LogP contribution in [0.2, 0.25) is 5.02 Å². The Hall–Kier alpha value is -2.14. The van der Waals surface area contributed by atoms with Gasteiger partial charge in [0.05, 0.1) is 16.3 Å². The number of rotatable bonds is 3. The van der Waals surface area contributed by atoms with Crippen molar-refractivity contribution in [2.45, 2.75) is 6.61 Å². The Morgan fingerprint density at radius 3 is 2.65 bits per heavy atom. The number of nitrogen functional groups attached to an aromatic ring is 1. The summed E-state index contributed by atoms with van der Waals surface area (Å²) in [6.45, 7) is -0.370. The minimum atomic E-state index is -0.697. The zero-order valence-electron chi connectivity index (χ0n) is 10.2. The molecule has 2 aromatic rings.